The Labute approximate surface area is 46.3 Å². The molecule has 0 saturated heterocycles. The molecule has 0 aliphatic rings. The van der Waals surface area contributed by atoms with Gasteiger partial charge in [-0.2, -0.15) is 0 Å². The number of aliphatic hydroxyl groups excluding tert-OH is 1. The van der Waals surface area contributed by atoms with Crippen molar-refractivity contribution < 1.29 is 14.7 Å². The minimum Gasteiger partial charge on any atom is -0.378 e. The number of hydrogen-bond acceptors (Lipinski definition) is 4. The Morgan fingerprint density at radius 1 is 1.38 bits per heavy atom. The lowest BCUT2D eigenvalue weighted by Crippen LogP contribution is -2.31. The van der Waals surface area contributed by atoms with E-state index >= 15 is 0 Å². The zero-order valence-electron chi connectivity index (χ0n) is 4.15. The maximum atomic E-state index is 9.71. The van der Waals surface area contributed by atoms with Crippen molar-refractivity contribution in [2.75, 3.05) is 0 Å². The molecule has 8 heavy (non-hydrogen) atoms. The van der Waals surface area contributed by atoms with Crippen LogP contribution in [0.3, 0.4) is 0 Å². The highest BCUT2D eigenvalue weighted by Crippen LogP contribution is 1.86. The number of carbonyl (C=O) groups excluding carboxylic acids is 2. The van der Waals surface area contributed by atoms with Gasteiger partial charge in [-0.1, -0.05) is 0 Å². The smallest absolute Gasteiger partial charge is 0.134 e. The summed E-state index contributed by atoms with van der Waals surface area (Å²) in [6.45, 7) is 0. The zero-order valence-corrected chi connectivity index (χ0v) is 4.15. The summed E-state index contributed by atoms with van der Waals surface area (Å²) in [7, 11) is 0. The molecule has 1 atom stereocenters. The van der Waals surface area contributed by atoms with Gasteiger partial charge in [0.25, 0.3) is 0 Å². The maximum absolute atomic E-state index is 9.71. The molecule has 0 rings (SSSR count). The van der Waals surface area contributed by atoms with Gasteiger partial charge in [-0.25, -0.2) is 0 Å². The number of aliphatic hydroxyl groups is 1. The van der Waals surface area contributed by atoms with Gasteiger partial charge in [0, 0.05) is 0 Å². The third-order valence-corrected chi connectivity index (χ3v) is 0.709. The Hall–Kier alpha value is -0.740. The van der Waals surface area contributed by atoms with Crippen LogP contribution >= 0.6 is 0 Å². The van der Waals surface area contributed by atoms with Gasteiger partial charge >= 0.3 is 0 Å². The monoisotopic (exact) mass is 117 g/mol. The first-order chi connectivity index (χ1) is 3.72. The first-order valence-electron chi connectivity index (χ1n) is 2.06. The summed E-state index contributed by atoms with van der Waals surface area (Å²) in [6, 6.07) is 0. The summed E-state index contributed by atoms with van der Waals surface area (Å²) in [4.78, 5) is 19.4. The Morgan fingerprint density at radius 2 is 1.75 bits per heavy atom. The van der Waals surface area contributed by atoms with Crippen LogP contribution in [-0.4, -0.2) is 23.9 Å². The molecule has 0 radical (unpaired) electrons. The highest BCUT2D eigenvalue weighted by Gasteiger charge is 2.11. The van der Waals surface area contributed by atoms with Crippen LogP contribution in [0.5, 0.6) is 0 Å². The molecule has 0 amide bonds. The predicted molar refractivity (Wildman–Crippen MR) is 25.8 cm³/mol. The minimum absolute atomic E-state index is 0.303. The number of nitrogens with two attached hydrogens (primary N) is 1. The molecule has 3 N–H and O–H groups in total. The van der Waals surface area contributed by atoms with Gasteiger partial charge in [0.1, 0.15) is 24.7 Å². The molecule has 1 unspecified atom stereocenters. The fourth-order valence-electron chi connectivity index (χ4n) is 0.193. The highest BCUT2D eigenvalue weighted by atomic mass is 16.3. The van der Waals surface area contributed by atoms with Gasteiger partial charge < -0.3 is 20.4 Å². The van der Waals surface area contributed by atoms with Gasteiger partial charge in [-0.05, 0) is 0 Å². The van der Waals surface area contributed by atoms with Crippen LogP contribution in [-0.2, 0) is 9.59 Å². The predicted octanol–water partition coefficient (Wildman–Crippen LogP) is -1.72. The summed E-state index contributed by atoms with van der Waals surface area (Å²) >= 11 is 0. The van der Waals surface area contributed by atoms with Crippen LogP contribution < -0.4 is 5.73 Å². The number of hydrogen-bond donors (Lipinski definition) is 2. The van der Waals surface area contributed by atoms with Crippen LogP contribution in [0, 0.1) is 5.92 Å². The fraction of sp³-hybridized carbons (Fsp3) is 0.500. The normalized spacial score (nSPS) is 13.4. The third-order valence-electron chi connectivity index (χ3n) is 0.709. The lowest BCUT2D eigenvalue weighted by molar-refractivity contribution is -0.123. The maximum Gasteiger partial charge on any atom is 0.134 e. The van der Waals surface area contributed by atoms with E-state index in [-0.39, 0.29) is 0 Å². The largest absolute Gasteiger partial charge is 0.378 e. The van der Waals surface area contributed by atoms with E-state index < -0.39 is 12.1 Å². The average molecular weight is 117 g/mol. The Bertz CT molecular complexity index is 83.3. The molecule has 46 valence electrons. The molecule has 0 heterocycles. The molecule has 0 aromatic rings. The van der Waals surface area contributed by atoms with Crippen molar-refractivity contribution in [1.82, 2.24) is 0 Å². The summed E-state index contributed by atoms with van der Waals surface area (Å²) in [5.74, 6) is -1.07. The van der Waals surface area contributed by atoms with Crippen LogP contribution in [0.2, 0.25) is 0 Å². The van der Waals surface area contributed by atoms with Crippen molar-refractivity contribution in [3.8, 4) is 0 Å². The number of carbonyl (C=O) groups is 2. The Balaban J connectivity index is 3.68. The molecular weight excluding hydrogens is 110 g/mol. The average Bonchev–Trinajstić information content (AvgIpc) is 1.69. The van der Waals surface area contributed by atoms with E-state index in [0.717, 1.165) is 0 Å². The summed E-state index contributed by atoms with van der Waals surface area (Å²) in [5, 5.41) is 8.33. The first kappa shape index (κ1) is 7.26. The van der Waals surface area contributed by atoms with Gasteiger partial charge in [0.05, 0.1) is 0 Å². The second kappa shape index (κ2) is 3.29. The lowest BCUT2D eigenvalue weighted by Gasteiger charge is -2.02. The topological polar surface area (TPSA) is 80.4 Å². The van der Waals surface area contributed by atoms with E-state index in [2.05, 4.69) is 0 Å². The molecule has 0 bridgehead atoms. The molecule has 0 aliphatic heterocycles. The van der Waals surface area contributed by atoms with Crippen LogP contribution in [0.4, 0.5) is 0 Å². The van der Waals surface area contributed by atoms with Crippen LogP contribution in [0.25, 0.3) is 0 Å². The van der Waals surface area contributed by atoms with E-state index in [4.69, 9.17) is 10.8 Å². The molecule has 0 saturated carbocycles. The standard InChI is InChI=1S/C4H7NO3/c5-4(8)3(1-6)2-7/h1-4,8H,5H2. The Morgan fingerprint density at radius 3 is 1.75 bits per heavy atom. The Kier molecular flexibility index (Phi) is 2.98. The second-order valence-electron chi connectivity index (χ2n) is 1.34. The minimum atomic E-state index is -1.36. The summed E-state index contributed by atoms with van der Waals surface area (Å²) in [5.41, 5.74) is 4.75. The van der Waals surface area contributed by atoms with Gasteiger partial charge in [-0.3, -0.25) is 0 Å². The van der Waals surface area contributed by atoms with Crippen molar-refractivity contribution in [1.29, 1.82) is 0 Å². The molecule has 0 aliphatic carbocycles. The fourth-order valence-corrected chi connectivity index (χ4v) is 0.193. The molecule has 4 heteroatoms. The zero-order chi connectivity index (χ0) is 6.57. The van der Waals surface area contributed by atoms with Crippen LogP contribution in [0.15, 0.2) is 0 Å². The quantitative estimate of drug-likeness (QED) is 0.262. The third kappa shape index (κ3) is 1.81. The lowest BCUT2D eigenvalue weighted by atomic mass is 10.2. The van der Waals surface area contributed by atoms with Gasteiger partial charge in [0.2, 0.25) is 0 Å². The molecule has 4 nitrogen and oxygen atoms in total. The van der Waals surface area contributed by atoms with E-state index in [0.29, 0.717) is 12.6 Å². The van der Waals surface area contributed by atoms with Crippen molar-refractivity contribution in [3.63, 3.8) is 0 Å². The van der Waals surface area contributed by atoms with Crippen molar-refractivity contribution in [2.24, 2.45) is 11.7 Å². The number of rotatable bonds is 3. The second-order valence-corrected chi connectivity index (χ2v) is 1.34. The van der Waals surface area contributed by atoms with Gasteiger partial charge in [-0.15, -0.1) is 0 Å². The van der Waals surface area contributed by atoms with E-state index in [9.17, 15) is 9.59 Å². The SMILES string of the molecule is NC(O)C(C=O)C=O. The molecule has 0 aromatic heterocycles. The molecular formula is C4H7NO3. The summed E-state index contributed by atoms with van der Waals surface area (Å²) < 4.78 is 0. The molecule has 0 aromatic carbocycles. The molecule has 0 spiro atoms. The summed E-state index contributed by atoms with van der Waals surface area (Å²) in [6.07, 6.45) is -0.750. The number of aldehydes is 2. The molecule has 0 fully saturated rings. The van der Waals surface area contributed by atoms with E-state index in [1.165, 1.54) is 0 Å². The van der Waals surface area contributed by atoms with E-state index in [1.807, 2.05) is 0 Å². The van der Waals surface area contributed by atoms with Crippen molar-refractivity contribution in [2.45, 2.75) is 6.23 Å². The first-order valence-corrected chi connectivity index (χ1v) is 2.06. The van der Waals surface area contributed by atoms with Gasteiger partial charge in [0.15, 0.2) is 0 Å². The van der Waals surface area contributed by atoms with E-state index in [1.54, 1.807) is 0 Å². The highest BCUT2D eigenvalue weighted by molar-refractivity contribution is 5.77. The van der Waals surface area contributed by atoms with Crippen LogP contribution in [0.1, 0.15) is 0 Å². The van der Waals surface area contributed by atoms with Crippen molar-refractivity contribution in [3.05, 3.63) is 0 Å². The van der Waals surface area contributed by atoms with Crippen molar-refractivity contribution >= 4 is 12.6 Å².